The maximum absolute atomic E-state index is 5.78. The van der Waals surface area contributed by atoms with Crippen LogP contribution in [0.2, 0.25) is 0 Å². The molecule has 14 heavy (non-hydrogen) atoms. The number of nitrogens with zero attached hydrogens (tertiary/aromatic N) is 1. The standard InChI is InChI=1S/C9H7BrClNS2/c1-5-7(3-11)12-9(14-5)8-2-6(10)4-13-8/h2,4H,3H2,1H3. The normalized spacial score (nSPS) is 10.8. The SMILES string of the molecule is Cc1sc(-c2cc(Br)cs2)nc1CCl. The Morgan fingerprint density at radius 3 is 2.86 bits per heavy atom. The van der Waals surface area contributed by atoms with Gasteiger partial charge in [-0.25, -0.2) is 4.98 Å². The van der Waals surface area contributed by atoms with Crippen molar-refractivity contribution in [1.82, 2.24) is 4.98 Å². The van der Waals surface area contributed by atoms with Crippen molar-refractivity contribution in [3.63, 3.8) is 0 Å². The molecule has 2 heterocycles. The summed E-state index contributed by atoms with van der Waals surface area (Å²) < 4.78 is 1.11. The van der Waals surface area contributed by atoms with E-state index < -0.39 is 0 Å². The van der Waals surface area contributed by atoms with Crippen LogP contribution in [0.1, 0.15) is 10.6 Å². The Kier molecular flexibility index (Phi) is 3.27. The summed E-state index contributed by atoms with van der Waals surface area (Å²) in [5.74, 6) is 0.495. The van der Waals surface area contributed by atoms with Crippen molar-refractivity contribution in [3.8, 4) is 9.88 Å². The van der Waals surface area contributed by atoms with Gasteiger partial charge in [-0.3, -0.25) is 0 Å². The second kappa shape index (κ2) is 4.31. The summed E-state index contributed by atoms with van der Waals surface area (Å²) in [6, 6.07) is 2.08. The first-order valence-corrected chi connectivity index (χ1v) is 6.99. The first-order chi connectivity index (χ1) is 6.70. The zero-order chi connectivity index (χ0) is 10.1. The van der Waals surface area contributed by atoms with Crippen LogP contribution in [0.25, 0.3) is 9.88 Å². The van der Waals surface area contributed by atoms with E-state index in [1.54, 1.807) is 22.7 Å². The highest BCUT2D eigenvalue weighted by atomic mass is 79.9. The maximum atomic E-state index is 5.78. The lowest BCUT2D eigenvalue weighted by Crippen LogP contribution is -1.79. The van der Waals surface area contributed by atoms with Gasteiger partial charge in [-0.15, -0.1) is 34.3 Å². The van der Waals surface area contributed by atoms with E-state index in [9.17, 15) is 0 Å². The molecule has 0 saturated heterocycles. The van der Waals surface area contributed by atoms with Crippen molar-refractivity contribution < 1.29 is 0 Å². The Bertz CT molecular complexity index is 449. The molecule has 2 aromatic rings. The minimum Gasteiger partial charge on any atom is -0.239 e. The van der Waals surface area contributed by atoms with E-state index >= 15 is 0 Å². The molecule has 0 atom stereocenters. The smallest absolute Gasteiger partial charge is 0.133 e. The Hall–Kier alpha value is 0.1000. The van der Waals surface area contributed by atoms with Crippen molar-refractivity contribution in [1.29, 1.82) is 0 Å². The van der Waals surface area contributed by atoms with Gasteiger partial charge in [-0.2, -0.15) is 0 Å². The van der Waals surface area contributed by atoms with Gasteiger partial charge in [0.15, 0.2) is 0 Å². The minimum atomic E-state index is 0.495. The summed E-state index contributed by atoms with van der Waals surface area (Å²) in [5, 5.41) is 3.13. The molecule has 0 aliphatic heterocycles. The Labute approximate surface area is 104 Å². The number of aromatic nitrogens is 1. The van der Waals surface area contributed by atoms with Gasteiger partial charge in [0.2, 0.25) is 0 Å². The van der Waals surface area contributed by atoms with Crippen molar-refractivity contribution in [2.24, 2.45) is 0 Å². The van der Waals surface area contributed by atoms with E-state index in [1.807, 2.05) is 0 Å². The molecule has 0 fully saturated rings. The van der Waals surface area contributed by atoms with Crippen LogP contribution >= 0.6 is 50.2 Å². The lowest BCUT2D eigenvalue weighted by atomic mass is 10.4. The molecule has 2 rings (SSSR count). The first kappa shape index (κ1) is 10.6. The van der Waals surface area contributed by atoms with Crippen LogP contribution < -0.4 is 0 Å². The molecule has 0 bridgehead atoms. The van der Waals surface area contributed by atoms with Crippen LogP contribution in [0, 0.1) is 6.92 Å². The number of halogens is 2. The van der Waals surface area contributed by atoms with Crippen molar-refractivity contribution in [2.45, 2.75) is 12.8 Å². The highest BCUT2D eigenvalue weighted by molar-refractivity contribution is 9.10. The van der Waals surface area contributed by atoms with E-state index in [-0.39, 0.29) is 0 Å². The van der Waals surface area contributed by atoms with Crippen molar-refractivity contribution in [2.75, 3.05) is 0 Å². The third-order valence-electron chi connectivity index (χ3n) is 1.80. The molecule has 0 aliphatic rings. The lowest BCUT2D eigenvalue weighted by molar-refractivity contribution is 1.20. The average molecular weight is 309 g/mol. The molecule has 0 amide bonds. The number of thiazole rings is 1. The molecule has 74 valence electrons. The number of aryl methyl sites for hydroxylation is 1. The molecule has 0 aromatic carbocycles. The summed E-state index contributed by atoms with van der Waals surface area (Å²) >= 11 is 12.6. The molecule has 5 heteroatoms. The third kappa shape index (κ3) is 2.03. The van der Waals surface area contributed by atoms with Gasteiger partial charge in [-0.05, 0) is 28.9 Å². The van der Waals surface area contributed by atoms with Gasteiger partial charge >= 0.3 is 0 Å². The summed E-state index contributed by atoms with van der Waals surface area (Å²) in [5.41, 5.74) is 0.996. The van der Waals surface area contributed by atoms with Crippen molar-refractivity contribution in [3.05, 3.63) is 26.5 Å². The lowest BCUT2D eigenvalue weighted by Gasteiger charge is -1.86. The number of alkyl halides is 1. The van der Waals surface area contributed by atoms with Gasteiger partial charge < -0.3 is 0 Å². The quantitative estimate of drug-likeness (QED) is 0.734. The monoisotopic (exact) mass is 307 g/mol. The van der Waals surface area contributed by atoms with Crippen LogP contribution in [0.5, 0.6) is 0 Å². The maximum Gasteiger partial charge on any atom is 0.133 e. The van der Waals surface area contributed by atoms with Crippen LogP contribution in [0.4, 0.5) is 0 Å². The van der Waals surface area contributed by atoms with Gasteiger partial charge in [0.1, 0.15) is 5.01 Å². The predicted molar refractivity (Wildman–Crippen MR) is 67.4 cm³/mol. The second-order valence-electron chi connectivity index (χ2n) is 2.78. The van der Waals surface area contributed by atoms with Crippen LogP contribution in [0.15, 0.2) is 15.9 Å². The van der Waals surface area contributed by atoms with E-state index in [1.165, 1.54) is 9.75 Å². The molecule has 2 aromatic heterocycles. The molecule has 0 radical (unpaired) electrons. The largest absolute Gasteiger partial charge is 0.239 e. The number of rotatable bonds is 2. The Morgan fingerprint density at radius 2 is 2.36 bits per heavy atom. The molecular formula is C9H7BrClNS2. The van der Waals surface area contributed by atoms with Gasteiger partial charge in [0.25, 0.3) is 0 Å². The van der Waals surface area contributed by atoms with Gasteiger partial charge in [-0.1, -0.05) is 0 Å². The molecule has 0 spiro atoms. The topological polar surface area (TPSA) is 12.9 Å². The fourth-order valence-corrected chi connectivity index (χ4v) is 3.84. The molecule has 1 nitrogen and oxygen atoms in total. The summed E-state index contributed by atoms with van der Waals surface area (Å²) in [4.78, 5) is 6.89. The first-order valence-electron chi connectivity index (χ1n) is 3.97. The Balaban J connectivity index is 2.42. The van der Waals surface area contributed by atoms with Gasteiger partial charge in [0.05, 0.1) is 16.5 Å². The molecule has 0 saturated carbocycles. The Morgan fingerprint density at radius 1 is 1.57 bits per heavy atom. The molecular weight excluding hydrogens is 302 g/mol. The van der Waals surface area contributed by atoms with Crippen LogP contribution in [-0.2, 0) is 5.88 Å². The summed E-state index contributed by atoms with van der Waals surface area (Å²) in [7, 11) is 0. The number of thiophene rings is 1. The fraction of sp³-hybridized carbons (Fsp3) is 0.222. The van der Waals surface area contributed by atoms with Gasteiger partial charge in [0, 0.05) is 14.7 Å². The van der Waals surface area contributed by atoms with E-state index in [0.717, 1.165) is 15.2 Å². The summed E-state index contributed by atoms with van der Waals surface area (Å²) in [6.07, 6.45) is 0. The van der Waals surface area contributed by atoms with Crippen LogP contribution in [-0.4, -0.2) is 4.98 Å². The van der Waals surface area contributed by atoms with E-state index in [0.29, 0.717) is 5.88 Å². The summed E-state index contributed by atoms with van der Waals surface area (Å²) in [6.45, 7) is 2.06. The molecule has 0 aliphatic carbocycles. The average Bonchev–Trinajstić information content (AvgIpc) is 2.71. The minimum absolute atomic E-state index is 0.495. The fourth-order valence-electron chi connectivity index (χ4n) is 1.08. The highest BCUT2D eigenvalue weighted by Crippen LogP contribution is 2.34. The highest BCUT2D eigenvalue weighted by Gasteiger charge is 2.09. The zero-order valence-electron chi connectivity index (χ0n) is 7.38. The van der Waals surface area contributed by atoms with Crippen LogP contribution in [0.3, 0.4) is 0 Å². The van der Waals surface area contributed by atoms with Crippen molar-refractivity contribution >= 4 is 50.2 Å². The second-order valence-corrected chi connectivity index (χ2v) is 6.08. The molecule has 0 unspecified atom stereocenters. The number of hydrogen-bond donors (Lipinski definition) is 0. The number of hydrogen-bond acceptors (Lipinski definition) is 3. The predicted octanol–water partition coefficient (Wildman–Crippen LogP) is 4.68. The molecule has 0 N–H and O–H groups in total. The van der Waals surface area contributed by atoms with E-state index in [4.69, 9.17) is 11.6 Å². The zero-order valence-corrected chi connectivity index (χ0v) is 11.4. The third-order valence-corrected chi connectivity index (χ3v) is 4.92. The van der Waals surface area contributed by atoms with E-state index in [2.05, 4.69) is 39.3 Å².